The number of carbonyl (C=O) groups excluding carboxylic acids is 2. The van der Waals surface area contributed by atoms with E-state index in [4.69, 9.17) is 10.5 Å². The zero-order valence-electron chi connectivity index (χ0n) is 10.7. The maximum atomic E-state index is 11.8. The molecule has 9 heteroatoms. The van der Waals surface area contributed by atoms with Crippen LogP contribution in [0, 0.1) is 5.92 Å². The number of carboxylic acid groups (broad SMARTS) is 1. The molecule has 2 heterocycles. The number of carbonyl (C=O) groups is 2. The molecule has 0 radical (unpaired) electrons. The molecule has 0 aliphatic carbocycles. The summed E-state index contributed by atoms with van der Waals surface area (Å²) in [6.07, 6.45) is -0.830. The SMILES string of the molecule is C[C@@H](O)[C@H]1C(=O)N2C(C(=O)[O-])=C(OCCN)S[C@H]12.[Na+]. The fraction of sp³-hybridized carbons (Fsp3) is 0.600. The number of fused-ring (bicyclic) bond motifs is 1. The van der Waals surface area contributed by atoms with Gasteiger partial charge in [0, 0.05) is 6.54 Å². The summed E-state index contributed by atoms with van der Waals surface area (Å²) in [4.78, 5) is 23.9. The van der Waals surface area contributed by atoms with Crippen molar-refractivity contribution in [2.75, 3.05) is 13.2 Å². The fourth-order valence-electron chi connectivity index (χ4n) is 1.99. The number of hydrogen-bond acceptors (Lipinski definition) is 7. The first-order valence-electron chi connectivity index (χ1n) is 5.45. The first-order chi connectivity index (χ1) is 8.49. The number of nitrogens with two attached hydrogens (primary N) is 1. The Kier molecular flexibility index (Phi) is 5.72. The molecule has 1 amide bonds. The Morgan fingerprint density at radius 3 is 2.79 bits per heavy atom. The predicted molar refractivity (Wildman–Crippen MR) is 60.4 cm³/mol. The number of aliphatic hydroxyl groups is 1. The zero-order chi connectivity index (χ0) is 13.4. The van der Waals surface area contributed by atoms with E-state index in [1.54, 1.807) is 0 Å². The number of rotatable bonds is 5. The van der Waals surface area contributed by atoms with Gasteiger partial charge < -0.3 is 25.5 Å². The Hall–Kier alpha value is -0.250. The molecule has 0 aromatic heterocycles. The van der Waals surface area contributed by atoms with Crippen LogP contribution in [0.1, 0.15) is 6.92 Å². The molecule has 3 atom stereocenters. The summed E-state index contributed by atoms with van der Waals surface area (Å²) in [5.41, 5.74) is 5.01. The number of hydrogen-bond donors (Lipinski definition) is 2. The molecule has 0 bridgehead atoms. The van der Waals surface area contributed by atoms with E-state index in [1.165, 1.54) is 6.92 Å². The third-order valence-corrected chi connectivity index (χ3v) is 4.08. The standard InChI is InChI=1S/C10H14N2O5S.Na/c1-4(13)5-7(14)12-6(9(15)16)10(17-3-2-11)18-8(5)12;/h4-5,8,13H,2-3,11H2,1H3,(H,15,16);/q;+1/p-1/t4-,5+,8-;/m1./s1. The monoisotopic (exact) mass is 296 g/mol. The summed E-state index contributed by atoms with van der Waals surface area (Å²) in [5, 5.41) is 20.2. The van der Waals surface area contributed by atoms with E-state index in [0.717, 1.165) is 16.7 Å². The molecule has 100 valence electrons. The summed E-state index contributed by atoms with van der Waals surface area (Å²) < 4.78 is 5.20. The molecular formula is C10H13N2NaO5S. The van der Waals surface area contributed by atoms with E-state index in [2.05, 4.69) is 0 Å². The Bertz CT molecular complexity index is 428. The number of aliphatic hydroxyl groups excluding tert-OH is 1. The van der Waals surface area contributed by atoms with Crippen molar-refractivity contribution in [2.24, 2.45) is 11.7 Å². The molecule has 0 saturated carbocycles. The van der Waals surface area contributed by atoms with Gasteiger partial charge in [0.2, 0.25) is 5.91 Å². The van der Waals surface area contributed by atoms with Crippen LogP contribution >= 0.6 is 11.8 Å². The summed E-state index contributed by atoms with van der Waals surface area (Å²) in [6.45, 7) is 1.90. The number of nitrogens with zero attached hydrogens (tertiary/aromatic N) is 1. The van der Waals surface area contributed by atoms with Gasteiger partial charge >= 0.3 is 29.6 Å². The van der Waals surface area contributed by atoms with Crippen molar-refractivity contribution >= 4 is 23.6 Å². The molecule has 19 heavy (non-hydrogen) atoms. The van der Waals surface area contributed by atoms with Crippen LogP contribution in [0.2, 0.25) is 0 Å². The smallest absolute Gasteiger partial charge is 0.543 e. The summed E-state index contributed by atoms with van der Waals surface area (Å²) in [7, 11) is 0. The van der Waals surface area contributed by atoms with Gasteiger partial charge in [-0.2, -0.15) is 0 Å². The van der Waals surface area contributed by atoms with Gasteiger partial charge in [0.1, 0.15) is 17.7 Å². The number of β-lactam (4-membered cyclic amide) rings is 1. The molecule has 2 aliphatic heterocycles. The van der Waals surface area contributed by atoms with E-state index in [1.807, 2.05) is 0 Å². The van der Waals surface area contributed by atoms with Gasteiger partial charge in [-0.15, -0.1) is 0 Å². The van der Waals surface area contributed by atoms with Gasteiger partial charge in [0.05, 0.1) is 18.0 Å². The van der Waals surface area contributed by atoms with E-state index in [9.17, 15) is 19.8 Å². The minimum Gasteiger partial charge on any atom is -0.543 e. The number of amides is 1. The van der Waals surface area contributed by atoms with Crippen molar-refractivity contribution in [1.29, 1.82) is 0 Å². The summed E-state index contributed by atoms with van der Waals surface area (Å²) in [6, 6.07) is 0. The van der Waals surface area contributed by atoms with Crippen LogP contribution < -0.4 is 40.4 Å². The van der Waals surface area contributed by atoms with Crippen LogP contribution in [0.25, 0.3) is 0 Å². The fourth-order valence-corrected chi connectivity index (χ4v) is 3.46. The van der Waals surface area contributed by atoms with Gasteiger partial charge in [-0.25, -0.2) is 0 Å². The number of aliphatic carboxylic acids is 1. The molecule has 0 spiro atoms. The topological polar surface area (TPSA) is 116 Å². The van der Waals surface area contributed by atoms with Crippen molar-refractivity contribution in [3.8, 4) is 0 Å². The Morgan fingerprint density at radius 1 is 1.68 bits per heavy atom. The maximum Gasteiger partial charge on any atom is 1.00 e. The van der Waals surface area contributed by atoms with E-state index < -0.39 is 29.3 Å². The molecule has 3 N–H and O–H groups in total. The Balaban J connectivity index is 0.00000180. The van der Waals surface area contributed by atoms with Crippen LogP contribution in [0.5, 0.6) is 0 Å². The van der Waals surface area contributed by atoms with Crippen molar-refractivity contribution < 1.29 is 54.1 Å². The minimum atomic E-state index is -1.46. The Morgan fingerprint density at radius 2 is 2.32 bits per heavy atom. The van der Waals surface area contributed by atoms with Gasteiger partial charge in [0.25, 0.3) is 0 Å². The van der Waals surface area contributed by atoms with Crippen molar-refractivity contribution in [3.05, 3.63) is 10.8 Å². The maximum absolute atomic E-state index is 11.8. The van der Waals surface area contributed by atoms with Gasteiger partial charge in [-0.3, -0.25) is 9.69 Å². The summed E-state index contributed by atoms with van der Waals surface area (Å²) >= 11 is 1.10. The quantitative estimate of drug-likeness (QED) is 0.385. The molecule has 1 fully saturated rings. The third kappa shape index (κ3) is 2.79. The number of ether oxygens (including phenoxy) is 1. The van der Waals surface area contributed by atoms with E-state index in [0.29, 0.717) is 0 Å². The van der Waals surface area contributed by atoms with Gasteiger partial charge in [0.15, 0.2) is 5.09 Å². The molecule has 2 rings (SSSR count). The van der Waals surface area contributed by atoms with Crippen LogP contribution in [0.3, 0.4) is 0 Å². The van der Waals surface area contributed by atoms with Gasteiger partial charge in [-0.1, -0.05) is 11.8 Å². The van der Waals surface area contributed by atoms with E-state index >= 15 is 0 Å². The first kappa shape index (κ1) is 16.8. The first-order valence-corrected chi connectivity index (χ1v) is 6.33. The zero-order valence-corrected chi connectivity index (χ0v) is 13.5. The average Bonchev–Trinajstić information content (AvgIpc) is 2.60. The Labute approximate surface area is 136 Å². The molecule has 0 aromatic carbocycles. The molecule has 2 aliphatic rings. The van der Waals surface area contributed by atoms with Crippen LogP contribution in [0.4, 0.5) is 0 Å². The van der Waals surface area contributed by atoms with E-state index in [-0.39, 0.29) is 53.5 Å². The van der Waals surface area contributed by atoms with Crippen molar-refractivity contribution in [3.63, 3.8) is 0 Å². The second-order valence-corrected chi connectivity index (χ2v) is 5.13. The largest absolute Gasteiger partial charge is 1.00 e. The predicted octanol–water partition coefficient (Wildman–Crippen LogP) is -5.20. The number of carboxylic acids is 1. The normalized spacial score (nSPS) is 26.5. The summed E-state index contributed by atoms with van der Waals surface area (Å²) in [5.74, 6) is -2.49. The number of thioether (sulfide) groups is 1. The van der Waals surface area contributed by atoms with Crippen LogP contribution in [0.15, 0.2) is 10.8 Å². The second kappa shape index (κ2) is 6.47. The minimum absolute atomic E-state index is 0. The molecule has 7 nitrogen and oxygen atoms in total. The molecule has 0 aromatic rings. The molecule has 1 saturated heterocycles. The van der Waals surface area contributed by atoms with Crippen molar-refractivity contribution in [1.82, 2.24) is 4.90 Å². The van der Waals surface area contributed by atoms with Crippen LogP contribution in [-0.4, -0.2) is 46.5 Å². The van der Waals surface area contributed by atoms with Gasteiger partial charge in [-0.05, 0) is 6.92 Å². The van der Waals surface area contributed by atoms with Crippen LogP contribution in [-0.2, 0) is 14.3 Å². The second-order valence-electron chi connectivity index (χ2n) is 4.04. The van der Waals surface area contributed by atoms with Crippen molar-refractivity contribution in [2.45, 2.75) is 18.4 Å². The average molecular weight is 296 g/mol. The molecular weight excluding hydrogens is 283 g/mol. The molecule has 0 unspecified atom stereocenters. The third-order valence-electron chi connectivity index (χ3n) is 2.81.